The molecule has 0 atom stereocenters. The van der Waals surface area contributed by atoms with Crippen LogP contribution in [0.1, 0.15) is 20.8 Å². The van der Waals surface area contributed by atoms with Gasteiger partial charge in [-0.15, -0.1) is 0 Å². The maximum Gasteiger partial charge on any atom is 0.0161 e. The van der Waals surface area contributed by atoms with Crippen LogP contribution < -0.4 is 0 Å². The van der Waals surface area contributed by atoms with Crippen molar-refractivity contribution in [3.8, 4) is 11.8 Å². The average Bonchev–Trinajstić information content (AvgIpc) is 1.16. The zero-order chi connectivity index (χ0) is 6.20. The Balaban J connectivity index is 2.66. The predicted molar refractivity (Wildman–Crippen MR) is 35.3 cm³/mol. The summed E-state index contributed by atoms with van der Waals surface area (Å²) in [6.45, 7) is 6.52. The quantitative estimate of drug-likeness (QED) is 0.414. The summed E-state index contributed by atoms with van der Waals surface area (Å²) in [5.41, 5.74) is 1.56. The van der Waals surface area contributed by atoms with Gasteiger partial charge in [-0.2, -0.15) is 0 Å². The van der Waals surface area contributed by atoms with Crippen LogP contribution in [0, 0.1) is 17.3 Å². The molecular weight excluding hydrogens is 96.1 g/mol. The van der Waals surface area contributed by atoms with Crippen molar-refractivity contribution in [2.75, 3.05) is 0 Å². The second kappa shape index (κ2) is 1.39. The molecule has 0 radical (unpaired) electrons. The molecule has 0 aromatic rings. The molecule has 0 spiro atoms. The van der Waals surface area contributed by atoms with Crippen LogP contribution in [0.4, 0.5) is 0 Å². The summed E-state index contributed by atoms with van der Waals surface area (Å²) in [5.74, 6) is 5.85. The Labute approximate surface area is 50.6 Å². The van der Waals surface area contributed by atoms with E-state index in [0.717, 1.165) is 0 Å². The average molecular weight is 106 g/mol. The lowest BCUT2D eigenvalue weighted by Crippen LogP contribution is -2.09. The SMILES string of the molecule is CC(C)(C)C1=CC#C1. The largest absolute Gasteiger partial charge is 0.0689 e. The van der Waals surface area contributed by atoms with Gasteiger partial charge < -0.3 is 0 Å². The van der Waals surface area contributed by atoms with E-state index >= 15 is 0 Å². The molecule has 0 nitrogen and oxygen atoms in total. The molecule has 1 aliphatic carbocycles. The Kier molecular flexibility index (Phi) is 0.942. The highest BCUT2D eigenvalue weighted by atomic mass is 14.2. The zero-order valence-electron chi connectivity index (χ0n) is 5.58. The van der Waals surface area contributed by atoms with Gasteiger partial charge in [-0.1, -0.05) is 32.6 Å². The van der Waals surface area contributed by atoms with Crippen LogP contribution in [-0.2, 0) is 0 Å². The molecule has 0 heterocycles. The lowest BCUT2D eigenvalue weighted by atomic mass is 9.84. The first-order chi connectivity index (χ1) is 3.61. The molecule has 0 aromatic heterocycles. The van der Waals surface area contributed by atoms with Gasteiger partial charge >= 0.3 is 0 Å². The lowest BCUT2D eigenvalue weighted by Gasteiger charge is -2.19. The number of allylic oxidation sites excluding steroid dienone is 2. The minimum Gasteiger partial charge on any atom is -0.0689 e. The van der Waals surface area contributed by atoms with Crippen molar-refractivity contribution in [2.45, 2.75) is 20.8 Å². The highest BCUT2D eigenvalue weighted by molar-refractivity contribution is 5.48. The smallest absolute Gasteiger partial charge is 0.0161 e. The Morgan fingerprint density at radius 3 is 1.88 bits per heavy atom. The Morgan fingerprint density at radius 1 is 1.38 bits per heavy atom. The molecule has 1 rings (SSSR count). The topological polar surface area (TPSA) is 0 Å². The van der Waals surface area contributed by atoms with E-state index < -0.39 is 0 Å². The van der Waals surface area contributed by atoms with Crippen LogP contribution in [0.3, 0.4) is 0 Å². The highest BCUT2D eigenvalue weighted by Crippen LogP contribution is 2.26. The van der Waals surface area contributed by atoms with Crippen molar-refractivity contribution in [1.29, 1.82) is 0 Å². The Morgan fingerprint density at radius 2 is 1.88 bits per heavy atom. The van der Waals surface area contributed by atoms with Gasteiger partial charge in [0.15, 0.2) is 0 Å². The number of hydrogen-bond acceptors (Lipinski definition) is 0. The van der Waals surface area contributed by atoms with Gasteiger partial charge in [0.25, 0.3) is 0 Å². The van der Waals surface area contributed by atoms with E-state index in [4.69, 9.17) is 0 Å². The van der Waals surface area contributed by atoms with E-state index in [1.54, 1.807) is 0 Å². The summed E-state index contributed by atoms with van der Waals surface area (Å²) in [6, 6.07) is 0. The molecular formula is C8H10. The molecule has 0 aliphatic heterocycles. The van der Waals surface area contributed by atoms with E-state index in [2.05, 4.69) is 32.6 Å². The maximum absolute atomic E-state index is 3.00. The summed E-state index contributed by atoms with van der Waals surface area (Å²) < 4.78 is 0. The van der Waals surface area contributed by atoms with Crippen molar-refractivity contribution in [3.63, 3.8) is 0 Å². The van der Waals surface area contributed by atoms with Crippen LogP contribution in [0.2, 0.25) is 0 Å². The molecule has 0 saturated heterocycles. The summed E-state index contributed by atoms with van der Waals surface area (Å²) in [4.78, 5) is 0. The molecule has 0 unspecified atom stereocenters. The van der Waals surface area contributed by atoms with Crippen LogP contribution >= 0.6 is 0 Å². The predicted octanol–water partition coefficient (Wildman–Crippen LogP) is 1.98. The summed E-state index contributed by atoms with van der Waals surface area (Å²) in [5, 5.41) is 0. The van der Waals surface area contributed by atoms with Crippen LogP contribution in [0.5, 0.6) is 0 Å². The summed E-state index contributed by atoms with van der Waals surface area (Å²) >= 11 is 0. The molecule has 0 saturated carbocycles. The monoisotopic (exact) mass is 106 g/mol. The normalized spacial score (nSPS) is 15.6. The minimum absolute atomic E-state index is 0.283. The second-order valence-corrected chi connectivity index (χ2v) is 3.08. The van der Waals surface area contributed by atoms with Crippen molar-refractivity contribution in [1.82, 2.24) is 0 Å². The zero-order valence-corrected chi connectivity index (χ0v) is 5.58. The fourth-order valence-corrected chi connectivity index (χ4v) is 0.548. The van der Waals surface area contributed by atoms with Gasteiger partial charge in [0.2, 0.25) is 0 Å². The minimum atomic E-state index is 0.283. The molecule has 0 amide bonds. The summed E-state index contributed by atoms with van der Waals surface area (Å²) in [7, 11) is 0. The van der Waals surface area contributed by atoms with Crippen molar-refractivity contribution in [2.24, 2.45) is 5.41 Å². The van der Waals surface area contributed by atoms with Crippen LogP contribution in [0.15, 0.2) is 11.6 Å². The van der Waals surface area contributed by atoms with E-state index in [-0.39, 0.29) is 5.41 Å². The van der Waals surface area contributed by atoms with E-state index in [9.17, 15) is 0 Å². The van der Waals surface area contributed by atoms with Gasteiger partial charge in [-0.3, -0.25) is 0 Å². The fourth-order valence-electron chi connectivity index (χ4n) is 0.548. The highest BCUT2D eigenvalue weighted by Gasteiger charge is 2.16. The number of hydrogen-bond donors (Lipinski definition) is 0. The maximum atomic E-state index is 3.00. The molecule has 0 fully saturated rings. The molecule has 42 valence electrons. The first kappa shape index (κ1) is 5.44. The van der Waals surface area contributed by atoms with Crippen LogP contribution in [0.25, 0.3) is 0 Å². The van der Waals surface area contributed by atoms with Gasteiger partial charge in [-0.05, 0) is 5.41 Å². The van der Waals surface area contributed by atoms with Gasteiger partial charge in [-0.25, -0.2) is 0 Å². The van der Waals surface area contributed by atoms with Crippen LogP contribution in [-0.4, -0.2) is 0 Å². The molecule has 0 bridgehead atoms. The molecule has 1 aliphatic rings. The molecule has 8 heavy (non-hydrogen) atoms. The van der Waals surface area contributed by atoms with Gasteiger partial charge in [0, 0.05) is 11.6 Å². The van der Waals surface area contributed by atoms with E-state index in [0.29, 0.717) is 0 Å². The van der Waals surface area contributed by atoms with Gasteiger partial charge in [0.05, 0.1) is 0 Å². The van der Waals surface area contributed by atoms with Gasteiger partial charge in [0.1, 0.15) is 0 Å². The van der Waals surface area contributed by atoms with Crippen molar-refractivity contribution >= 4 is 0 Å². The lowest BCUT2D eigenvalue weighted by molar-refractivity contribution is 0.519. The fraction of sp³-hybridized carbons (Fsp3) is 0.500. The third-order valence-corrected chi connectivity index (χ3v) is 1.23. The third kappa shape index (κ3) is 0.767. The van der Waals surface area contributed by atoms with E-state index in [1.807, 2.05) is 6.08 Å². The van der Waals surface area contributed by atoms with E-state index in [1.165, 1.54) is 5.57 Å². The third-order valence-electron chi connectivity index (χ3n) is 1.23. The second-order valence-electron chi connectivity index (χ2n) is 3.08. The first-order valence-electron chi connectivity index (χ1n) is 2.83. The molecule has 0 N–H and O–H groups in total. The Bertz CT molecular complexity index is 178. The molecule has 0 heteroatoms. The Hall–Kier alpha value is -0.700. The number of rotatable bonds is 0. The van der Waals surface area contributed by atoms with Crippen molar-refractivity contribution < 1.29 is 0 Å². The van der Waals surface area contributed by atoms with Crippen molar-refractivity contribution in [3.05, 3.63) is 11.6 Å². The first-order valence-corrected chi connectivity index (χ1v) is 2.83. The standard InChI is InChI=1S/C8H10/c1-8(2,3)7-5-4-6-7/h5H,1-3H3. The summed E-state index contributed by atoms with van der Waals surface area (Å²) in [6.07, 6.45) is 1.99. The molecule has 0 aromatic carbocycles.